The molecule has 0 unspecified atom stereocenters. The van der Waals surface area contributed by atoms with Gasteiger partial charge in [0.1, 0.15) is 6.04 Å². The first-order valence-electron chi connectivity index (χ1n) is 7.73. The smallest absolute Gasteiger partial charge is 0.242 e. The summed E-state index contributed by atoms with van der Waals surface area (Å²) in [7, 11) is 0. The Hall–Kier alpha value is -1.10. The third-order valence-electron chi connectivity index (χ3n) is 4.10. The van der Waals surface area contributed by atoms with Crippen molar-refractivity contribution in [2.45, 2.75) is 58.7 Å². The second kappa shape index (κ2) is 6.12. The van der Waals surface area contributed by atoms with E-state index in [4.69, 9.17) is 0 Å². The third-order valence-corrected chi connectivity index (χ3v) is 4.10. The molecule has 2 aliphatic rings. The van der Waals surface area contributed by atoms with Crippen molar-refractivity contribution in [2.75, 3.05) is 13.1 Å². The largest absolute Gasteiger partial charge is 0.352 e. The molecule has 0 spiro atoms. The Balaban J connectivity index is 2.16. The number of hydrogen-bond acceptors (Lipinski definition) is 3. The number of rotatable bonds is 4. The molecule has 0 aromatic rings. The Morgan fingerprint density at radius 1 is 1.10 bits per heavy atom. The lowest BCUT2D eigenvalue weighted by Gasteiger charge is -2.47. The highest BCUT2D eigenvalue weighted by Gasteiger charge is 2.44. The lowest BCUT2D eigenvalue weighted by molar-refractivity contribution is -0.152. The van der Waals surface area contributed by atoms with E-state index in [0.717, 1.165) is 19.4 Å². The number of nitrogens with one attached hydrogen (secondary N) is 2. The molecule has 5 heteroatoms. The summed E-state index contributed by atoms with van der Waals surface area (Å²) in [6.07, 6.45) is 1.57. The number of hydrogen-bond donors (Lipinski definition) is 2. The van der Waals surface area contributed by atoms with Crippen LogP contribution in [0.1, 0.15) is 40.5 Å². The molecule has 0 aromatic heterocycles. The minimum absolute atomic E-state index is 0.00787. The number of carbonyl (C=O) groups excluding carboxylic acids is 2. The van der Waals surface area contributed by atoms with Gasteiger partial charge in [-0.3, -0.25) is 9.59 Å². The molecular formula is C15H27N3O2. The van der Waals surface area contributed by atoms with E-state index in [2.05, 4.69) is 38.3 Å². The quantitative estimate of drug-likeness (QED) is 0.799. The Morgan fingerprint density at radius 3 is 2.35 bits per heavy atom. The van der Waals surface area contributed by atoms with Crippen molar-refractivity contribution in [1.82, 2.24) is 15.5 Å². The zero-order valence-corrected chi connectivity index (χ0v) is 13.0. The van der Waals surface area contributed by atoms with Gasteiger partial charge in [0.05, 0.1) is 12.1 Å². The zero-order valence-electron chi connectivity index (χ0n) is 13.0. The molecule has 5 nitrogen and oxygen atoms in total. The van der Waals surface area contributed by atoms with Crippen molar-refractivity contribution < 1.29 is 9.59 Å². The van der Waals surface area contributed by atoms with Gasteiger partial charge in [0, 0.05) is 13.1 Å². The molecule has 20 heavy (non-hydrogen) atoms. The maximum atomic E-state index is 12.7. The topological polar surface area (TPSA) is 61.4 Å². The van der Waals surface area contributed by atoms with E-state index in [1.165, 1.54) is 0 Å². The van der Waals surface area contributed by atoms with Gasteiger partial charge in [0.15, 0.2) is 0 Å². The summed E-state index contributed by atoms with van der Waals surface area (Å²) >= 11 is 0. The van der Waals surface area contributed by atoms with Gasteiger partial charge in [0.25, 0.3) is 0 Å². The monoisotopic (exact) mass is 281 g/mol. The van der Waals surface area contributed by atoms with E-state index in [9.17, 15) is 9.59 Å². The standard InChI is InChI=1S/C15H27N3O2/c1-9(2)5-12-15(20)18-11(7-16-12)8-17-14(19)13(18)6-10(3)4/h9-13,16H,5-8H2,1-4H3,(H,17,19)/t11-,12-,13-/m0/s1. The Labute approximate surface area is 121 Å². The molecule has 0 bridgehead atoms. The maximum absolute atomic E-state index is 12.7. The summed E-state index contributed by atoms with van der Waals surface area (Å²) in [5.74, 6) is 0.981. The molecule has 2 fully saturated rings. The van der Waals surface area contributed by atoms with Crippen LogP contribution in [-0.4, -0.2) is 47.9 Å². The highest BCUT2D eigenvalue weighted by molar-refractivity contribution is 5.91. The van der Waals surface area contributed by atoms with Crippen LogP contribution in [0.3, 0.4) is 0 Å². The molecule has 2 amide bonds. The van der Waals surface area contributed by atoms with Crippen LogP contribution in [-0.2, 0) is 9.59 Å². The average Bonchev–Trinajstić information content (AvgIpc) is 2.35. The second-order valence-electron chi connectivity index (χ2n) is 6.88. The Morgan fingerprint density at radius 2 is 1.75 bits per heavy atom. The van der Waals surface area contributed by atoms with Gasteiger partial charge >= 0.3 is 0 Å². The average molecular weight is 281 g/mol. The van der Waals surface area contributed by atoms with Gasteiger partial charge in [0.2, 0.25) is 11.8 Å². The molecule has 0 saturated carbocycles. The van der Waals surface area contributed by atoms with Crippen molar-refractivity contribution in [3.63, 3.8) is 0 Å². The number of piperazine rings is 2. The minimum atomic E-state index is -0.294. The highest BCUT2D eigenvalue weighted by atomic mass is 16.2. The van der Waals surface area contributed by atoms with Crippen LogP contribution >= 0.6 is 0 Å². The first-order chi connectivity index (χ1) is 9.40. The second-order valence-corrected chi connectivity index (χ2v) is 6.88. The summed E-state index contributed by atoms with van der Waals surface area (Å²) < 4.78 is 0. The fourth-order valence-corrected chi connectivity index (χ4v) is 3.19. The fraction of sp³-hybridized carbons (Fsp3) is 0.867. The first kappa shape index (κ1) is 15.3. The lowest BCUT2D eigenvalue weighted by Crippen LogP contribution is -2.71. The van der Waals surface area contributed by atoms with Crippen LogP contribution in [0.15, 0.2) is 0 Å². The van der Waals surface area contributed by atoms with Crippen LogP contribution < -0.4 is 10.6 Å². The van der Waals surface area contributed by atoms with Crippen LogP contribution in [0.2, 0.25) is 0 Å². The lowest BCUT2D eigenvalue weighted by atomic mass is 9.92. The summed E-state index contributed by atoms with van der Waals surface area (Å²) in [6.45, 7) is 9.77. The van der Waals surface area contributed by atoms with Crippen molar-refractivity contribution in [3.8, 4) is 0 Å². The third kappa shape index (κ3) is 3.14. The Bertz CT molecular complexity index is 381. The Kier molecular flexibility index (Phi) is 4.68. The summed E-state index contributed by atoms with van der Waals surface area (Å²) in [4.78, 5) is 26.7. The van der Waals surface area contributed by atoms with E-state index < -0.39 is 0 Å². The van der Waals surface area contributed by atoms with Crippen molar-refractivity contribution in [3.05, 3.63) is 0 Å². The molecule has 2 aliphatic heterocycles. The molecule has 3 atom stereocenters. The minimum Gasteiger partial charge on any atom is -0.352 e. The summed E-state index contributed by atoms with van der Waals surface area (Å²) in [5.41, 5.74) is 0. The van der Waals surface area contributed by atoms with Gasteiger partial charge in [-0.25, -0.2) is 0 Å². The van der Waals surface area contributed by atoms with Crippen LogP contribution in [0.4, 0.5) is 0 Å². The van der Waals surface area contributed by atoms with Crippen molar-refractivity contribution in [1.29, 1.82) is 0 Å². The van der Waals surface area contributed by atoms with Crippen molar-refractivity contribution >= 4 is 11.8 Å². The summed E-state index contributed by atoms with van der Waals surface area (Å²) in [5, 5.41) is 6.29. The van der Waals surface area contributed by atoms with Crippen LogP contribution in [0.25, 0.3) is 0 Å². The molecule has 2 heterocycles. The zero-order chi connectivity index (χ0) is 14.9. The van der Waals surface area contributed by atoms with Crippen LogP contribution in [0, 0.1) is 11.8 Å². The number of nitrogens with zero attached hydrogens (tertiary/aromatic N) is 1. The normalized spacial score (nSPS) is 30.7. The number of amides is 2. The van der Waals surface area contributed by atoms with E-state index in [-0.39, 0.29) is 29.9 Å². The summed E-state index contributed by atoms with van der Waals surface area (Å²) in [6, 6.07) is -0.322. The van der Waals surface area contributed by atoms with Gasteiger partial charge in [-0.1, -0.05) is 27.7 Å². The molecule has 2 saturated heterocycles. The molecule has 2 rings (SSSR count). The molecule has 2 N–H and O–H groups in total. The molecular weight excluding hydrogens is 254 g/mol. The molecule has 0 aromatic carbocycles. The predicted molar refractivity (Wildman–Crippen MR) is 78.1 cm³/mol. The van der Waals surface area contributed by atoms with Gasteiger partial charge in [-0.2, -0.15) is 0 Å². The van der Waals surface area contributed by atoms with E-state index in [0.29, 0.717) is 18.4 Å². The van der Waals surface area contributed by atoms with Gasteiger partial charge in [-0.15, -0.1) is 0 Å². The van der Waals surface area contributed by atoms with Crippen LogP contribution in [0.5, 0.6) is 0 Å². The van der Waals surface area contributed by atoms with Crippen molar-refractivity contribution in [2.24, 2.45) is 11.8 Å². The van der Waals surface area contributed by atoms with E-state index in [1.54, 1.807) is 0 Å². The molecule has 114 valence electrons. The molecule has 0 radical (unpaired) electrons. The highest BCUT2D eigenvalue weighted by Crippen LogP contribution is 2.23. The fourth-order valence-electron chi connectivity index (χ4n) is 3.19. The number of fused-ring (bicyclic) bond motifs is 1. The van der Waals surface area contributed by atoms with E-state index in [1.807, 2.05) is 4.90 Å². The molecule has 0 aliphatic carbocycles. The van der Waals surface area contributed by atoms with Gasteiger partial charge < -0.3 is 15.5 Å². The predicted octanol–water partition coefficient (Wildman–Crippen LogP) is 0.746. The first-order valence-corrected chi connectivity index (χ1v) is 7.73. The SMILES string of the molecule is CC(C)C[C@@H]1NC[C@H]2CNC(=O)[C@H](CC(C)C)N2C1=O. The number of carbonyl (C=O) groups is 2. The van der Waals surface area contributed by atoms with E-state index >= 15 is 0 Å². The maximum Gasteiger partial charge on any atom is 0.242 e. The van der Waals surface area contributed by atoms with Gasteiger partial charge in [-0.05, 0) is 24.7 Å².